The van der Waals surface area contributed by atoms with Crippen LogP contribution in [0.15, 0.2) is 12.2 Å². The summed E-state index contributed by atoms with van der Waals surface area (Å²) in [4.78, 5) is 23.0. The second-order valence-corrected chi connectivity index (χ2v) is 20.4. The van der Waals surface area contributed by atoms with Crippen LogP contribution in [0.2, 0.25) is 0 Å². The average Bonchev–Trinajstić information content (AvgIpc) is 3.20. The number of likely N-dealkylation sites (N-methyl/N-ethyl adjacent to an activating group) is 1. The van der Waals surface area contributed by atoms with Gasteiger partial charge in [0.15, 0.2) is 0 Å². The van der Waals surface area contributed by atoms with E-state index >= 15 is 0 Å². The number of phosphoric acid groups is 1. The molecular weight excluding hydrogens is 770 g/mol. The van der Waals surface area contributed by atoms with Crippen molar-refractivity contribution >= 4 is 13.8 Å². The fourth-order valence-corrected chi connectivity index (χ4v) is 8.29. The third-order valence-corrected chi connectivity index (χ3v) is 12.6. The summed E-state index contributed by atoms with van der Waals surface area (Å²) in [7, 11) is 1.68. The van der Waals surface area contributed by atoms with Crippen LogP contribution >= 0.6 is 7.82 Å². The molecule has 358 valence electrons. The zero-order valence-corrected chi connectivity index (χ0v) is 41.6. The van der Waals surface area contributed by atoms with E-state index in [4.69, 9.17) is 18.5 Å². The van der Waals surface area contributed by atoms with Crippen molar-refractivity contribution in [3.63, 3.8) is 0 Å². The van der Waals surface area contributed by atoms with Crippen molar-refractivity contribution in [1.29, 1.82) is 0 Å². The summed E-state index contributed by atoms with van der Waals surface area (Å²) >= 11 is 0. The van der Waals surface area contributed by atoms with Crippen molar-refractivity contribution in [2.75, 3.05) is 54.1 Å². The molecule has 0 aliphatic heterocycles. The minimum absolute atomic E-state index is 0.0910. The summed E-state index contributed by atoms with van der Waals surface area (Å²) in [5.41, 5.74) is 0. The molecule has 0 heterocycles. The number of phosphoric ester groups is 1. The molecule has 0 aliphatic rings. The Balaban J connectivity index is 4.08. The summed E-state index contributed by atoms with van der Waals surface area (Å²) in [5.74, 6) is -0.309. The number of hydrogen-bond acceptors (Lipinski definition) is 6. The van der Waals surface area contributed by atoms with Gasteiger partial charge < -0.3 is 18.9 Å². The molecule has 2 atom stereocenters. The summed E-state index contributed by atoms with van der Waals surface area (Å²) in [6, 6.07) is 0. The largest absolute Gasteiger partial charge is 0.472 e. The van der Waals surface area contributed by atoms with Crippen LogP contribution in [0.5, 0.6) is 0 Å². The first kappa shape index (κ1) is 59.2. The number of carbonyl (C=O) groups is 1. The topological polar surface area (TPSA) is 91.3 Å². The van der Waals surface area contributed by atoms with Crippen LogP contribution in [0.25, 0.3) is 0 Å². The lowest BCUT2D eigenvalue weighted by molar-refractivity contribution is -0.870. The number of carbonyl (C=O) groups excluding carboxylic acids is 1. The molecule has 0 aromatic carbocycles. The fourth-order valence-electron chi connectivity index (χ4n) is 7.55. The lowest BCUT2D eigenvalue weighted by atomic mass is 10.0. The van der Waals surface area contributed by atoms with E-state index < -0.39 is 13.9 Å². The number of ether oxygens (including phenoxy) is 2. The van der Waals surface area contributed by atoms with E-state index in [1.165, 1.54) is 199 Å². The van der Waals surface area contributed by atoms with Crippen LogP contribution in [0.3, 0.4) is 0 Å². The zero-order valence-electron chi connectivity index (χ0n) is 40.7. The maximum Gasteiger partial charge on any atom is 0.472 e. The van der Waals surface area contributed by atoms with Crippen molar-refractivity contribution < 1.29 is 37.3 Å². The van der Waals surface area contributed by atoms with Gasteiger partial charge in [0.25, 0.3) is 0 Å². The Morgan fingerprint density at radius 3 is 1.27 bits per heavy atom. The first-order valence-corrected chi connectivity index (χ1v) is 27.4. The molecule has 1 N–H and O–H groups in total. The van der Waals surface area contributed by atoms with Crippen LogP contribution in [-0.2, 0) is 27.9 Å². The Bertz CT molecular complexity index is 972. The highest BCUT2D eigenvalue weighted by Crippen LogP contribution is 2.43. The van der Waals surface area contributed by atoms with E-state index in [0.29, 0.717) is 24.1 Å². The minimum Gasteiger partial charge on any atom is -0.457 e. The number of rotatable bonds is 49. The van der Waals surface area contributed by atoms with Gasteiger partial charge in [-0.05, 0) is 38.5 Å². The van der Waals surface area contributed by atoms with Gasteiger partial charge in [-0.3, -0.25) is 13.8 Å². The lowest BCUT2D eigenvalue weighted by Gasteiger charge is -2.24. The summed E-state index contributed by atoms with van der Waals surface area (Å²) < 4.78 is 35.1. The monoisotopic (exact) mass is 873 g/mol. The third kappa shape index (κ3) is 48.3. The molecule has 60 heavy (non-hydrogen) atoms. The van der Waals surface area contributed by atoms with E-state index in [1.54, 1.807) is 0 Å². The van der Waals surface area contributed by atoms with Gasteiger partial charge in [0, 0.05) is 13.0 Å². The van der Waals surface area contributed by atoms with Crippen LogP contribution in [0.1, 0.15) is 251 Å². The molecule has 0 aromatic heterocycles. The van der Waals surface area contributed by atoms with Crippen LogP contribution < -0.4 is 0 Å². The highest BCUT2D eigenvalue weighted by atomic mass is 31.2. The van der Waals surface area contributed by atoms with Crippen molar-refractivity contribution in [3.05, 3.63) is 12.2 Å². The summed E-state index contributed by atoms with van der Waals surface area (Å²) in [6.45, 7) is 5.66. The van der Waals surface area contributed by atoms with Gasteiger partial charge >= 0.3 is 13.8 Å². The first-order valence-electron chi connectivity index (χ1n) is 25.9. The van der Waals surface area contributed by atoms with Gasteiger partial charge in [-0.25, -0.2) is 4.57 Å². The highest BCUT2D eigenvalue weighted by molar-refractivity contribution is 7.47. The van der Waals surface area contributed by atoms with E-state index in [0.717, 1.165) is 32.1 Å². The lowest BCUT2D eigenvalue weighted by Crippen LogP contribution is -2.37. The molecule has 0 saturated carbocycles. The summed E-state index contributed by atoms with van der Waals surface area (Å²) in [5, 5.41) is 0. The molecule has 2 unspecified atom stereocenters. The Morgan fingerprint density at radius 2 is 0.867 bits per heavy atom. The standard InChI is InChI=1S/C51H102NO7P/c1-6-8-10-12-14-16-18-20-22-24-25-26-27-28-29-30-32-34-36-38-40-42-44-51(53)59-50(49-58-60(54,55)57-47-45-52(3,4)5)48-56-46-43-41-39-37-35-33-31-23-21-19-17-15-13-11-9-7-2/h21,23,50H,6-20,22,24-49H2,1-5H3/p+1/b23-21-. The van der Waals surface area contributed by atoms with Crippen LogP contribution in [0.4, 0.5) is 0 Å². The molecule has 0 bridgehead atoms. The Morgan fingerprint density at radius 1 is 0.500 bits per heavy atom. The Hall–Kier alpha value is -0.760. The maximum absolute atomic E-state index is 12.8. The van der Waals surface area contributed by atoms with Crippen molar-refractivity contribution in [3.8, 4) is 0 Å². The normalized spacial score (nSPS) is 13.6. The molecule has 0 amide bonds. The quantitative estimate of drug-likeness (QED) is 0.0214. The first-order chi connectivity index (χ1) is 29.1. The predicted molar refractivity (Wildman–Crippen MR) is 257 cm³/mol. The zero-order chi connectivity index (χ0) is 44.1. The molecule has 0 aromatic rings. The van der Waals surface area contributed by atoms with Crippen molar-refractivity contribution in [1.82, 2.24) is 0 Å². The predicted octanol–water partition coefficient (Wildman–Crippen LogP) is 15.8. The summed E-state index contributed by atoms with van der Waals surface area (Å²) in [6.07, 6.45) is 51.1. The molecule has 0 spiro atoms. The number of quaternary nitrogens is 1. The van der Waals surface area contributed by atoms with Crippen LogP contribution in [-0.4, -0.2) is 75.6 Å². The van der Waals surface area contributed by atoms with Gasteiger partial charge in [-0.1, -0.05) is 219 Å². The number of esters is 1. The van der Waals surface area contributed by atoms with Gasteiger partial charge in [-0.15, -0.1) is 0 Å². The molecular formula is C51H103NO7P+. The van der Waals surface area contributed by atoms with Crippen molar-refractivity contribution in [2.24, 2.45) is 0 Å². The average molecular weight is 873 g/mol. The molecule has 0 rings (SSSR count). The number of nitrogens with zero attached hydrogens (tertiary/aromatic N) is 1. The highest BCUT2D eigenvalue weighted by Gasteiger charge is 2.26. The van der Waals surface area contributed by atoms with E-state index in [9.17, 15) is 14.3 Å². The second-order valence-electron chi connectivity index (χ2n) is 18.9. The van der Waals surface area contributed by atoms with Crippen molar-refractivity contribution in [2.45, 2.75) is 258 Å². The SMILES string of the molecule is CCCCCCCC/C=C\CCCCCCCCOCC(COP(=O)(O)OCC[N+](C)(C)C)OC(=O)CCCCCCCCCCCCCCCCCCCCCCCC. The molecule has 0 radical (unpaired) electrons. The number of unbranched alkanes of at least 4 members (excludes halogenated alkanes) is 33. The third-order valence-electron chi connectivity index (χ3n) is 11.6. The fraction of sp³-hybridized carbons (Fsp3) is 0.941. The number of allylic oxidation sites excluding steroid dienone is 2. The smallest absolute Gasteiger partial charge is 0.457 e. The van der Waals surface area contributed by atoms with E-state index in [-0.39, 0.29) is 25.8 Å². The molecule has 0 aliphatic carbocycles. The Labute approximate surface area is 373 Å². The molecule has 0 fully saturated rings. The Kier molecular flexibility index (Phi) is 44.3. The van der Waals surface area contributed by atoms with Gasteiger partial charge in [-0.2, -0.15) is 0 Å². The van der Waals surface area contributed by atoms with Gasteiger partial charge in [0.1, 0.15) is 19.3 Å². The molecule has 0 saturated heterocycles. The van der Waals surface area contributed by atoms with Crippen LogP contribution in [0, 0.1) is 0 Å². The second kappa shape index (κ2) is 44.8. The number of hydrogen-bond donors (Lipinski definition) is 1. The van der Waals surface area contributed by atoms with E-state index in [1.807, 2.05) is 21.1 Å². The molecule has 8 nitrogen and oxygen atoms in total. The van der Waals surface area contributed by atoms with Gasteiger partial charge in [0.05, 0.1) is 34.4 Å². The molecule has 9 heteroatoms. The minimum atomic E-state index is -4.28. The van der Waals surface area contributed by atoms with E-state index in [2.05, 4.69) is 26.0 Å². The maximum atomic E-state index is 12.8. The van der Waals surface area contributed by atoms with Gasteiger partial charge in [0.2, 0.25) is 0 Å².